The zero-order chi connectivity index (χ0) is 17.0. The number of aliphatic carboxylic acids is 1. The molecule has 1 aromatic carbocycles. The van der Waals surface area contributed by atoms with Crippen LogP contribution in [0.25, 0.3) is 6.08 Å². The minimum Gasteiger partial charge on any atom is -0.480 e. The molecule has 0 aliphatic carbocycles. The molecule has 1 amide bonds. The number of hydrogen-bond donors (Lipinski definition) is 1. The Hall–Kier alpha value is -1.99. The first-order chi connectivity index (χ1) is 11.0. The van der Waals surface area contributed by atoms with Crippen molar-refractivity contribution in [1.29, 1.82) is 0 Å². The summed E-state index contributed by atoms with van der Waals surface area (Å²) in [5.41, 5.74) is 1.29. The van der Waals surface area contributed by atoms with E-state index in [9.17, 15) is 19.5 Å². The number of thiocarbonyl (C=S) groups is 1. The molecule has 1 N–H and O–H groups in total. The first-order valence-electron chi connectivity index (χ1n) is 7.03. The fourth-order valence-electron chi connectivity index (χ4n) is 2.21. The number of carbonyl (C=O) groups excluding carboxylic acids is 2. The van der Waals surface area contributed by atoms with Gasteiger partial charge in [-0.2, -0.15) is 0 Å². The molecule has 1 unspecified atom stereocenters. The maximum atomic E-state index is 12.5. The van der Waals surface area contributed by atoms with Crippen molar-refractivity contribution in [3.8, 4) is 0 Å². The van der Waals surface area contributed by atoms with Crippen LogP contribution in [0.2, 0.25) is 0 Å². The summed E-state index contributed by atoms with van der Waals surface area (Å²) in [6, 6.07) is 5.80. The lowest BCUT2D eigenvalue weighted by Crippen LogP contribution is -2.43. The van der Waals surface area contributed by atoms with E-state index in [1.54, 1.807) is 30.3 Å². The molecule has 1 fully saturated rings. The van der Waals surface area contributed by atoms with Gasteiger partial charge in [0.1, 0.15) is 16.6 Å². The summed E-state index contributed by atoms with van der Waals surface area (Å²) in [7, 11) is 0. The maximum absolute atomic E-state index is 12.5. The van der Waals surface area contributed by atoms with Crippen LogP contribution in [0.4, 0.5) is 0 Å². The van der Waals surface area contributed by atoms with E-state index in [4.69, 9.17) is 12.2 Å². The van der Waals surface area contributed by atoms with Crippen molar-refractivity contribution in [3.05, 3.63) is 40.3 Å². The molecule has 5 nitrogen and oxygen atoms in total. The molecule has 0 aromatic heterocycles. The van der Waals surface area contributed by atoms with Gasteiger partial charge in [0, 0.05) is 5.56 Å². The zero-order valence-electron chi connectivity index (χ0n) is 12.4. The Kier molecular flexibility index (Phi) is 5.68. The van der Waals surface area contributed by atoms with Gasteiger partial charge in [0.25, 0.3) is 5.91 Å². The van der Waals surface area contributed by atoms with Gasteiger partial charge >= 0.3 is 5.97 Å². The molecule has 0 saturated carbocycles. The fraction of sp³-hybridized carbons (Fsp3) is 0.250. The molecule has 1 saturated heterocycles. The van der Waals surface area contributed by atoms with Crippen LogP contribution in [0, 0.1) is 0 Å². The summed E-state index contributed by atoms with van der Waals surface area (Å²) in [6.45, 7) is 1.86. The van der Waals surface area contributed by atoms with E-state index >= 15 is 0 Å². The number of amides is 1. The number of carbonyl (C=O) groups is 3. The highest BCUT2D eigenvalue weighted by molar-refractivity contribution is 8.26. The summed E-state index contributed by atoms with van der Waals surface area (Å²) >= 11 is 6.27. The van der Waals surface area contributed by atoms with Crippen molar-refractivity contribution < 1.29 is 19.5 Å². The highest BCUT2D eigenvalue weighted by Crippen LogP contribution is 2.34. The third-order valence-electron chi connectivity index (χ3n) is 3.35. The third-order valence-corrected chi connectivity index (χ3v) is 4.68. The van der Waals surface area contributed by atoms with Crippen molar-refractivity contribution in [1.82, 2.24) is 4.90 Å². The second-order valence-electron chi connectivity index (χ2n) is 4.98. The number of hydrogen-bond acceptors (Lipinski definition) is 5. The number of carboxylic acid groups (broad SMARTS) is 1. The van der Waals surface area contributed by atoms with E-state index in [1.165, 1.54) is 4.90 Å². The lowest BCUT2D eigenvalue weighted by molar-refractivity contribution is -0.145. The van der Waals surface area contributed by atoms with E-state index in [0.29, 0.717) is 23.3 Å². The molecule has 1 aromatic rings. The molecule has 120 valence electrons. The second kappa shape index (κ2) is 7.52. The molecule has 2 rings (SSSR count). The van der Waals surface area contributed by atoms with E-state index in [1.807, 2.05) is 6.92 Å². The van der Waals surface area contributed by atoms with Crippen LogP contribution in [0.5, 0.6) is 0 Å². The van der Waals surface area contributed by atoms with Crippen LogP contribution in [0.15, 0.2) is 29.2 Å². The lowest BCUT2D eigenvalue weighted by atomic mass is 10.1. The highest BCUT2D eigenvalue weighted by atomic mass is 32.2. The van der Waals surface area contributed by atoms with Gasteiger partial charge in [0.05, 0.1) is 4.91 Å². The molecular formula is C16H15NO4S2. The normalized spacial score (nSPS) is 17.6. The number of rotatable bonds is 6. The molecular weight excluding hydrogens is 334 g/mol. The van der Waals surface area contributed by atoms with E-state index in [2.05, 4.69) is 0 Å². The second-order valence-corrected chi connectivity index (χ2v) is 6.65. The average Bonchev–Trinajstić information content (AvgIpc) is 2.80. The summed E-state index contributed by atoms with van der Waals surface area (Å²) in [6.07, 6.45) is 3.38. The van der Waals surface area contributed by atoms with Crippen LogP contribution in [-0.2, 0) is 9.59 Å². The van der Waals surface area contributed by atoms with Gasteiger partial charge in [-0.3, -0.25) is 14.5 Å². The lowest BCUT2D eigenvalue weighted by Gasteiger charge is -2.22. The van der Waals surface area contributed by atoms with Crippen molar-refractivity contribution in [2.75, 3.05) is 0 Å². The summed E-state index contributed by atoms with van der Waals surface area (Å²) < 4.78 is 0.256. The molecule has 23 heavy (non-hydrogen) atoms. The Labute approximate surface area is 143 Å². The molecule has 1 heterocycles. The third kappa shape index (κ3) is 3.86. The van der Waals surface area contributed by atoms with Crippen LogP contribution < -0.4 is 0 Å². The maximum Gasteiger partial charge on any atom is 0.326 e. The SMILES string of the molecule is CCCC(C(=O)O)N1C(=O)/C(=C\c2ccc(C=O)cc2)SC1=S. The molecule has 1 atom stereocenters. The quantitative estimate of drug-likeness (QED) is 0.483. The van der Waals surface area contributed by atoms with Gasteiger partial charge in [-0.15, -0.1) is 0 Å². The van der Waals surface area contributed by atoms with Crippen LogP contribution in [-0.4, -0.2) is 38.5 Å². The fourth-order valence-corrected chi connectivity index (χ4v) is 3.56. The minimum atomic E-state index is -1.06. The highest BCUT2D eigenvalue weighted by Gasteiger charge is 2.39. The minimum absolute atomic E-state index is 0.256. The molecule has 7 heteroatoms. The number of benzene rings is 1. The van der Waals surface area contributed by atoms with Gasteiger partial charge in [-0.25, -0.2) is 4.79 Å². The zero-order valence-corrected chi connectivity index (χ0v) is 14.0. The monoisotopic (exact) mass is 349 g/mol. The predicted octanol–water partition coefficient (Wildman–Crippen LogP) is 2.95. The summed E-state index contributed by atoms with van der Waals surface area (Å²) in [4.78, 5) is 36.1. The van der Waals surface area contributed by atoms with E-state index in [0.717, 1.165) is 23.6 Å². The average molecular weight is 349 g/mol. The molecule has 0 bridgehead atoms. The first-order valence-corrected chi connectivity index (χ1v) is 8.25. The predicted molar refractivity (Wildman–Crippen MR) is 93.2 cm³/mol. The van der Waals surface area contributed by atoms with Crippen molar-refractivity contribution in [2.45, 2.75) is 25.8 Å². The largest absolute Gasteiger partial charge is 0.480 e. The van der Waals surface area contributed by atoms with Gasteiger partial charge in [-0.05, 0) is 18.1 Å². The topological polar surface area (TPSA) is 74.7 Å². The van der Waals surface area contributed by atoms with Gasteiger partial charge in [-0.1, -0.05) is 61.6 Å². The number of nitrogens with zero attached hydrogens (tertiary/aromatic N) is 1. The summed E-state index contributed by atoms with van der Waals surface area (Å²) in [5, 5.41) is 9.32. The number of aldehydes is 1. The van der Waals surface area contributed by atoms with Crippen LogP contribution in [0.3, 0.4) is 0 Å². The van der Waals surface area contributed by atoms with Gasteiger partial charge in [0.15, 0.2) is 0 Å². The molecule has 1 aliphatic heterocycles. The smallest absolute Gasteiger partial charge is 0.326 e. The first kappa shape index (κ1) is 17.4. The Balaban J connectivity index is 2.27. The van der Waals surface area contributed by atoms with Crippen molar-refractivity contribution in [3.63, 3.8) is 0 Å². The Bertz CT molecular complexity index is 682. The van der Waals surface area contributed by atoms with Crippen LogP contribution in [0.1, 0.15) is 35.7 Å². The van der Waals surface area contributed by atoms with Gasteiger partial charge in [0.2, 0.25) is 0 Å². The Morgan fingerprint density at radius 3 is 2.48 bits per heavy atom. The van der Waals surface area contributed by atoms with Gasteiger partial charge < -0.3 is 5.11 Å². The van der Waals surface area contributed by atoms with Crippen molar-refractivity contribution >= 4 is 52.5 Å². The Morgan fingerprint density at radius 1 is 1.35 bits per heavy atom. The van der Waals surface area contributed by atoms with Crippen LogP contribution >= 0.6 is 24.0 Å². The summed E-state index contributed by atoms with van der Waals surface area (Å²) in [5.74, 6) is -1.44. The molecule has 0 radical (unpaired) electrons. The van der Waals surface area contributed by atoms with E-state index in [-0.39, 0.29) is 10.2 Å². The van der Waals surface area contributed by atoms with E-state index < -0.39 is 12.0 Å². The number of carboxylic acids is 1. The Morgan fingerprint density at radius 2 is 1.96 bits per heavy atom. The standard InChI is InChI=1S/C16H15NO4S2/c1-2-3-12(15(20)21)17-14(19)13(23-16(17)22)8-10-4-6-11(9-18)7-5-10/h4-9,12H,2-3H2,1H3,(H,20,21)/b13-8+. The molecule has 1 aliphatic rings. The van der Waals surface area contributed by atoms with Crippen molar-refractivity contribution in [2.24, 2.45) is 0 Å². The number of thioether (sulfide) groups is 1. The molecule has 0 spiro atoms.